The van der Waals surface area contributed by atoms with Gasteiger partial charge < -0.3 is 16.0 Å². The van der Waals surface area contributed by atoms with Gasteiger partial charge in [-0.3, -0.25) is 4.79 Å². The highest BCUT2D eigenvalue weighted by Gasteiger charge is 2.31. The van der Waals surface area contributed by atoms with E-state index in [9.17, 15) is 14.0 Å². The molecule has 0 bridgehead atoms. The van der Waals surface area contributed by atoms with Gasteiger partial charge in [0, 0.05) is 16.4 Å². The minimum absolute atomic E-state index is 0.343. The van der Waals surface area contributed by atoms with Gasteiger partial charge in [0.05, 0.1) is 11.6 Å². The summed E-state index contributed by atoms with van der Waals surface area (Å²) in [7, 11) is 0. The number of carbonyl (C=O) groups excluding carboxylic acids is 2. The molecule has 2 aromatic rings. The predicted octanol–water partition coefficient (Wildman–Crippen LogP) is 4.05. The molecule has 134 valence electrons. The number of anilines is 1. The normalized spacial score (nSPS) is 16.8. The van der Waals surface area contributed by atoms with Gasteiger partial charge in [-0.2, -0.15) is 0 Å². The van der Waals surface area contributed by atoms with Crippen molar-refractivity contribution >= 4 is 29.2 Å². The molecule has 0 aliphatic carbocycles. The van der Waals surface area contributed by atoms with E-state index in [0.717, 1.165) is 5.56 Å². The third-order valence-electron chi connectivity index (χ3n) is 4.16. The number of allylic oxidation sites excluding steroid dienone is 1. The summed E-state index contributed by atoms with van der Waals surface area (Å²) in [5.41, 5.74) is 2.81. The Hall–Kier alpha value is -2.86. The van der Waals surface area contributed by atoms with Gasteiger partial charge in [-0.25, -0.2) is 9.18 Å². The van der Waals surface area contributed by atoms with Gasteiger partial charge in [0.2, 0.25) is 0 Å². The van der Waals surface area contributed by atoms with Crippen molar-refractivity contribution in [1.29, 1.82) is 0 Å². The van der Waals surface area contributed by atoms with E-state index in [0.29, 0.717) is 27.5 Å². The fraction of sp³-hybridized carbons (Fsp3) is 0.158. The Morgan fingerprint density at radius 2 is 1.85 bits per heavy atom. The van der Waals surface area contributed by atoms with Gasteiger partial charge in [0.25, 0.3) is 5.91 Å². The second kappa shape index (κ2) is 7.17. The molecular weight excluding hydrogens is 357 g/mol. The number of amides is 3. The molecule has 0 saturated carbocycles. The summed E-state index contributed by atoms with van der Waals surface area (Å²) in [6, 6.07) is 9.74. The van der Waals surface area contributed by atoms with Crippen molar-refractivity contribution in [2.75, 3.05) is 5.32 Å². The van der Waals surface area contributed by atoms with Crippen LogP contribution in [-0.2, 0) is 4.79 Å². The number of halogens is 2. The number of hydrogen-bond acceptors (Lipinski definition) is 2. The van der Waals surface area contributed by atoms with E-state index < -0.39 is 17.9 Å². The predicted molar refractivity (Wildman–Crippen MR) is 98.3 cm³/mol. The first-order valence-corrected chi connectivity index (χ1v) is 8.34. The average Bonchev–Trinajstić information content (AvgIpc) is 2.58. The Balaban J connectivity index is 1.96. The van der Waals surface area contributed by atoms with Crippen LogP contribution in [0.1, 0.15) is 24.1 Å². The third kappa shape index (κ3) is 3.70. The maximum atomic E-state index is 13.2. The monoisotopic (exact) mass is 373 g/mol. The highest BCUT2D eigenvalue weighted by atomic mass is 35.5. The highest BCUT2D eigenvalue weighted by molar-refractivity contribution is 6.31. The van der Waals surface area contributed by atoms with Crippen molar-refractivity contribution in [2.45, 2.75) is 19.9 Å². The second-order valence-corrected chi connectivity index (χ2v) is 6.47. The summed E-state index contributed by atoms with van der Waals surface area (Å²) in [5.74, 6) is -0.773. The van der Waals surface area contributed by atoms with Crippen LogP contribution in [0.25, 0.3) is 0 Å². The van der Waals surface area contributed by atoms with Crippen LogP contribution in [0.15, 0.2) is 53.7 Å². The van der Waals surface area contributed by atoms with E-state index in [1.807, 2.05) is 6.92 Å². The van der Waals surface area contributed by atoms with Crippen molar-refractivity contribution in [3.8, 4) is 0 Å². The minimum atomic E-state index is -0.691. The van der Waals surface area contributed by atoms with Crippen molar-refractivity contribution in [2.24, 2.45) is 0 Å². The Morgan fingerprint density at radius 3 is 2.54 bits per heavy atom. The molecular formula is C19H17ClFN3O2. The number of hydrogen-bond donors (Lipinski definition) is 3. The molecule has 0 fully saturated rings. The van der Waals surface area contributed by atoms with Crippen molar-refractivity contribution in [3.05, 3.63) is 75.7 Å². The third-order valence-corrected chi connectivity index (χ3v) is 4.40. The molecule has 1 aliphatic heterocycles. The minimum Gasteiger partial charge on any atom is -0.327 e. The van der Waals surface area contributed by atoms with Crippen molar-refractivity contribution < 1.29 is 14.0 Å². The lowest BCUT2D eigenvalue weighted by Crippen LogP contribution is -2.46. The fourth-order valence-corrected chi connectivity index (χ4v) is 2.99. The van der Waals surface area contributed by atoms with Crippen molar-refractivity contribution in [1.82, 2.24) is 10.6 Å². The number of aryl methyl sites for hydroxylation is 1. The molecule has 1 heterocycles. The van der Waals surface area contributed by atoms with E-state index in [1.165, 1.54) is 24.3 Å². The number of benzene rings is 2. The lowest BCUT2D eigenvalue weighted by Gasteiger charge is -2.28. The zero-order valence-electron chi connectivity index (χ0n) is 14.2. The second-order valence-electron chi connectivity index (χ2n) is 6.04. The van der Waals surface area contributed by atoms with Crippen LogP contribution in [0.4, 0.5) is 14.9 Å². The lowest BCUT2D eigenvalue weighted by atomic mass is 9.94. The number of rotatable bonds is 3. The number of nitrogens with one attached hydrogen (secondary N) is 3. The van der Waals surface area contributed by atoms with Crippen LogP contribution >= 0.6 is 11.6 Å². The summed E-state index contributed by atoms with van der Waals surface area (Å²) in [4.78, 5) is 24.8. The van der Waals surface area contributed by atoms with Crippen LogP contribution in [0.2, 0.25) is 5.02 Å². The topological polar surface area (TPSA) is 70.2 Å². The maximum absolute atomic E-state index is 13.2. The Labute approximate surface area is 155 Å². The first-order valence-electron chi connectivity index (χ1n) is 7.96. The number of carbonyl (C=O) groups is 2. The zero-order valence-corrected chi connectivity index (χ0v) is 14.9. The van der Waals surface area contributed by atoms with Crippen LogP contribution in [0.3, 0.4) is 0 Å². The smallest absolute Gasteiger partial charge is 0.319 e. The van der Waals surface area contributed by atoms with Crippen LogP contribution in [0, 0.1) is 12.7 Å². The molecule has 0 saturated heterocycles. The number of urea groups is 1. The van der Waals surface area contributed by atoms with Crippen molar-refractivity contribution in [3.63, 3.8) is 0 Å². The molecule has 0 unspecified atom stereocenters. The largest absolute Gasteiger partial charge is 0.327 e. The lowest BCUT2D eigenvalue weighted by molar-refractivity contribution is -0.113. The Kier molecular flexibility index (Phi) is 4.95. The molecule has 0 aromatic heterocycles. The summed E-state index contributed by atoms with van der Waals surface area (Å²) in [5, 5.41) is 8.64. The summed E-state index contributed by atoms with van der Waals surface area (Å²) >= 11 is 6.01. The molecule has 2 aromatic carbocycles. The van der Waals surface area contributed by atoms with Crippen LogP contribution in [-0.4, -0.2) is 11.9 Å². The van der Waals surface area contributed by atoms with Crippen LogP contribution in [0.5, 0.6) is 0 Å². The molecule has 0 radical (unpaired) electrons. The van der Waals surface area contributed by atoms with Gasteiger partial charge in [0.15, 0.2) is 0 Å². The highest BCUT2D eigenvalue weighted by Crippen LogP contribution is 2.29. The van der Waals surface area contributed by atoms with E-state index >= 15 is 0 Å². The van der Waals surface area contributed by atoms with Crippen LogP contribution < -0.4 is 16.0 Å². The molecule has 1 aliphatic rings. The SMILES string of the molecule is CC1=C(C(=O)Nc2cc(Cl)ccc2C)[C@@H](c2ccc(F)cc2)NC(=O)N1. The maximum Gasteiger partial charge on any atom is 0.319 e. The fourth-order valence-electron chi connectivity index (χ4n) is 2.82. The molecule has 3 rings (SSSR count). The molecule has 3 amide bonds. The average molecular weight is 374 g/mol. The van der Waals surface area contributed by atoms with Gasteiger partial charge in [0.1, 0.15) is 5.82 Å². The van der Waals surface area contributed by atoms with E-state index in [1.54, 1.807) is 25.1 Å². The molecule has 0 spiro atoms. The first-order chi connectivity index (χ1) is 12.3. The first kappa shape index (κ1) is 17.9. The van der Waals surface area contributed by atoms with E-state index in [4.69, 9.17) is 11.6 Å². The molecule has 3 N–H and O–H groups in total. The molecule has 26 heavy (non-hydrogen) atoms. The van der Waals surface area contributed by atoms with Gasteiger partial charge in [-0.15, -0.1) is 0 Å². The molecule has 7 heteroatoms. The summed E-state index contributed by atoms with van der Waals surface area (Å²) in [6.07, 6.45) is 0. The molecule has 1 atom stereocenters. The van der Waals surface area contributed by atoms with Gasteiger partial charge >= 0.3 is 6.03 Å². The van der Waals surface area contributed by atoms with Gasteiger partial charge in [-0.1, -0.05) is 29.8 Å². The summed E-state index contributed by atoms with van der Waals surface area (Å²) < 4.78 is 13.2. The standard InChI is InChI=1S/C19H17ClFN3O2/c1-10-3-6-13(20)9-15(10)23-18(25)16-11(2)22-19(26)24-17(16)12-4-7-14(21)8-5-12/h3-9,17H,1-2H3,(H,23,25)(H2,22,24,26)/t17-/m1/s1. The van der Waals surface area contributed by atoms with Gasteiger partial charge in [-0.05, 0) is 49.2 Å². The summed E-state index contributed by atoms with van der Waals surface area (Å²) in [6.45, 7) is 3.50. The molecule has 5 nitrogen and oxygen atoms in total. The zero-order chi connectivity index (χ0) is 18.8. The van der Waals surface area contributed by atoms with E-state index in [2.05, 4.69) is 16.0 Å². The quantitative estimate of drug-likeness (QED) is 0.759. The Bertz CT molecular complexity index is 910. The Morgan fingerprint density at radius 1 is 1.15 bits per heavy atom. The van der Waals surface area contributed by atoms with E-state index in [-0.39, 0.29) is 5.91 Å².